The van der Waals surface area contributed by atoms with Gasteiger partial charge in [0.15, 0.2) is 0 Å². The Labute approximate surface area is 122 Å². The highest BCUT2D eigenvalue weighted by Crippen LogP contribution is 2.08. The average molecular weight is 268 g/mol. The first-order valence-corrected chi connectivity index (χ1v) is 8.71. The molecule has 0 aromatic rings. The molecule has 0 rings (SSSR count). The van der Waals surface area contributed by atoms with E-state index in [0.717, 1.165) is 0 Å². The Bertz CT molecular complexity index is 175. The van der Waals surface area contributed by atoms with E-state index in [9.17, 15) is 0 Å². The molecule has 1 nitrogen and oxygen atoms in total. The van der Waals surface area contributed by atoms with Crippen LogP contribution in [0, 0.1) is 0 Å². The fourth-order valence-electron chi connectivity index (χ4n) is 2.37. The fourth-order valence-corrected chi connectivity index (χ4v) is 2.37. The Morgan fingerprint density at radius 3 is 1.63 bits per heavy atom. The molecule has 0 saturated heterocycles. The number of unbranched alkanes of at least 4 members (excludes halogenated alkanes) is 11. The number of allylic oxidation sites excluding steroid dienone is 2. The van der Waals surface area contributed by atoms with Gasteiger partial charge in [-0.05, 0) is 45.7 Å². The third-order valence-corrected chi connectivity index (χ3v) is 3.69. The van der Waals surface area contributed by atoms with Gasteiger partial charge in [-0.25, -0.2) is 0 Å². The van der Waals surface area contributed by atoms with Crippen molar-refractivity contribution in [3.63, 3.8) is 0 Å². The first-order chi connectivity index (χ1) is 9.41. The smallest absolute Gasteiger partial charge is 0.00519 e. The van der Waals surface area contributed by atoms with Crippen molar-refractivity contribution in [1.82, 2.24) is 5.32 Å². The van der Waals surface area contributed by atoms with Crippen molar-refractivity contribution in [3.05, 3.63) is 12.2 Å². The predicted molar refractivity (Wildman–Crippen MR) is 88.8 cm³/mol. The summed E-state index contributed by atoms with van der Waals surface area (Å²) in [5, 5.41) is 3.20. The molecule has 0 aromatic carbocycles. The van der Waals surface area contributed by atoms with E-state index in [2.05, 4.69) is 24.4 Å². The second-order valence-corrected chi connectivity index (χ2v) is 5.69. The third kappa shape index (κ3) is 17.7. The summed E-state index contributed by atoms with van der Waals surface area (Å²) in [6.07, 6.45) is 22.8. The van der Waals surface area contributed by atoms with Crippen LogP contribution < -0.4 is 5.32 Å². The van der Waals surface area contributed by atoms with Gasteiger partial charge in [0, 0.05) is 0 Å². The minimum absolute atomic E-state index is 1.18. The van der Waals surface area contributed by atoms with Gasteiger partial charge in [0.25, 0.3) is 0 Å². The highest BCUT2D eigenvalue weighted by Gasteiger charge is 1.90. The highest BCUT2D eigenvalue weighted by molar-refractivity contribution is 4.81. The molecule has 0 saturated carbocycles. The molecule has 1 heteroatoms. The number of hydrogen-bond donors (Lipinski definition) is 1. The van der Waals surface area contributed by atoms with E-state index in [-0.39, 0.29) is 0 Å². The Balaban J connectivity index is 3.01. The molecule has 0 fully saturated rings. The van der Waals surface area contributed by atoms with Gasteiger partial charge in [-0.2, -0.15) is 0 Å². The van der Waals surface area contributed by atoms with E-state index < -0.39 is 0 Å². The molecule has 0 unspecified atom stereocenters. The van der Waals surface area contributed by atoms with Crippen LogP contribution in [0.1, 0.15) is 90.4 Å². The largest absolute Gasteiger partial charge is 0.320 e. The van der Waals surface area contributed by atoms with E-state index in [0.29, 0.717) is 0 Å². The van der Waals surface area contributed by atoms with Crippen LogP contribution in [0.2, 0.25) is 0 Å². The maximum atomic E-state index is 3.20. The quantitative estimate of drug-likeness (QED) is 0.290. The summed E-state index contributed by atoms with van der Waals surface area (Å²) in [6.45, 7) is 3.46. The minimum Gasteiger partial charge on any atom is -0.320 e. The van der Waals surface area contributed by atoms with Crippen molar-refractivity contribution in [2.24, 2.45) is 0 Å². The van der Waals surface area contributed by atoms with Gasteiger partial charge in [0.05, 0.1) is 0 Å². The van der Waals surface area contributed by atoms with Gasteiger partial charge in [0.1, 0.15) is 0 Å². The molecule has 0 bridgehead atoms. The summed E-state index contributed by atoms with van der Waals surface area (Å²) in [7, 11) is 2.04. The maximum Gasteiger partial charge on any atom is -0.00519 e. The van der Waals surface area contributed by atoms with Crippen LogP contribution in [-0.4, -0.2) is 13.6 Å². The minimum atomic E-state index is 1.18. The molecule has 0 aliphatic rings. The van der Waals surface area contributed by atoms with Crippen LogP contribution in [0.25, 0.3) is 0 Å². The monoisotopic (exact) mass is 267 g/mol. The van der Waals surface area contributed by atoms with Crippen LogP contribution in [-0.2, 0) is 0 Å². The van der Waals surface area contributed by atoms with E-state index in [1.54, 1.807) is 0 Å². The lowest BCUT2D eigenvalue weighted by molar-refractivity contribution is 0.598. The SMILES string of the molecule is CCCCCCCC/C=C/CCCCCCCNC. The van der Waals surface area contributed by atoms with Crippen LogP contribution >= 0.6 is 0 Å². The predicted octanol–water partition coefficient (Wildman–Crippen LogP) is 5.85. The highest BCUT2D eigenvalue weighted by atomic mass is 14.8. The number of hydrogen-bond acceptors (Lipinski definition) is 1. The molecular weight excluding hydrogens is 230 g/mol. The van der Waals surface area contributed by atoms with Crippen LogP contribution in [0.5, 0.6) is 0 Å². The average Bonchev–Trinajstić information content (AvgIpc) is 2.43. The van der Waals surface area contributed by atoms with E-state index >= 15 is 0 Å². The zero-order valence-electron chi connectivity index (χ0n) is 13.6. The zero-order chi connectivity index (χ0) is 14.0. The molecule has 0 aliphatic heterocycles. The fraction of sp³-hybridized carbons (Fsp3) is 0.889. The van der Waals surface area contributed by atoms with Gasteiger partial charge in [-0.1, -0.05) is 70.4 Å². The Kier molecular flexibility index (Phi) is 17.4. The summed E-state index contributed by atoms with van der Waals surface area (Å²) >= 11 is 0. The van der Waals surface area contributed by atoms with Crippen molar-refractivity contribution in [2.75, 3.05) is 13.6 Å². The van der Waals surface area contributed by atoms with Crippen LogP contribution in [0.15, 0.2) is 12.2 Å². The zero-order valence-corrected chi connectivity index (χ0v) is 13.6. The normalized spacial score (nSPS) is 11.5. The molecule has 0 aliphatic carbocycles. The molecule has 0 atom stereocenters. The van der Waals surface area contributed by atoms with Gasteiger partial charge < -0.3 is 5.32 Å². The van der Waals surface area contributed by atoms with Crippen molar-refractivity contribution in [2.45, 2.75) is 90.4 Å². The molecule has 0 radical (unpaired) electrons. The lowest BCUT2D eigenvalue weighted by Crippen LogP contribution is -2.06. The number of rotatable bonds is 15. The molecular formula is C18H37N. The summed E-state index contributed by atoms with van der Waals surface area (Å²) in [4.78, 5) is 0. The molecule has 0 aromatic heterocycles. The summed E-state index contributed by atoms with van der Waals surface area (Å²) in [6, 6.07) is 0. The van der Waals surface area contributed by atoms with Crippen molar-refractivity contribution >= 4 is 0 Å². The van der Waals surface area contributed by atoms with Gasteiger partial charge in [-0.15, -0.1) is 0 Å². The topological polar surface area (TPSA) is 12.0 Å². The Hall–Kier alpha value is -0.300. The summed E-state index contributed by atoms with van der Waals surface area (Å²) < 4.78 is 0. The molecule has 0 spiro atoms. The van der Waals surface area contributed by atoms with Gasteiger partial charge in [0.2, 0.25) is 0 Å². The van der Waals surface area contributed by atoms with Crippen molar-refractivity contribution in [3.8, 4) is 0 Å². The van der Waals surface area contributed by atoms with Crippen LogP contribution in [0.3, 0.4) is 0 Å². The van der Waals surface area contributed by atoms with E-state index in [1.807, 2.05) is 7.05 Å². The summed E-state index contributed by atoms with van der Waals surface area (Å²) in [5.74, 6) is 0. The third-order valence-electron chi connectivity index (χ3n) is 3.69. The lowest BCUT2D eigenvalue weighted by Gasteiger charge is -2.00. The van der Waals surface area contributed by atoms with Gasteiger partial charge in [-0.3, -0.25) is 0 Å². The van der Waals surface area contributed by atoms with Crippen molar-refractivity contribution < 1.29 is 0 Å². The maximum absolute atomic E-state index is 3.20. The second kappa shape index (κ2) is 17.7. The van der Waals surface area contributed by atoms with Crippen LogP contribution in [0.4, 0.5) is 0 Å². The number of nitrogens with one attached hydrogen (secondary N) is 1. The molecule has 0 heterocycles. The summed E-state index contributed by atoms with van der Waals surface area (Å²) in [5.41, 5.74) is 0. The molecule has 19 heavy (non-hydrogen) atoms. The molecule has 1 N–H and O–H groups in total. The lowest BCUT2D eigenvalue weighted by atomic mass is 10.1. The first-order valence-electron chi connectivity index (χ1n) is 8.71. The Morgan fingerprint density at radius 1 is 0.632 bits per heavy atom. The first kappa shape index (κ1) is 18.7. The van der Waals surface area contributed by atoms with Gasteiger partial charge >= 0.3 is 0 Å². The van der Waals surface area contributed by atoms with Crippen molar-refractivity contribution in [1.29, 1.82) is 0 Å². The molecule has 114 valence electrons. The van der Waals surface area contributed by atoms with E-state index in [1.165, 1.54) is 90.0 Å². The van der Waals surface area contributed by atoms with E-state index in [4.69, 9.17) is 0 Å². The molecule has 0 amide bonds. The second-order valence-electron chi connectivity index (χ2n) is 5.69. The standard InChI is InChI=1S/C18H37N/c1-3-4-5-6-7-8-9-10-11-12-13-14-15-16-17-18-19-2/h10-11,19H,3-9,12-18H2,1-2H3/b11-10+. The Morgan fingerprint density at radius 2 is 1.11 bits per heavy atom.